The van der Waals surface area contributed by atoms with Crippen molar-refractivity contribution in [2.24, 2.45) is 0 Å². The molecule has 0 aliphatic carbocycles. The van der Waals surface area contributed by atoms with E-state index in [1.165, 1.54) is 0 Å². The van der Waals surface area contributed by atoms with Gasteiger partial charge in [-0.1, -0.05) is 12.1 Å². The molecule has 2 N–H and O–H groups in total. The number of nitrogens with one attached hydrogen (secondary N) is 2. The second kappa shape index (κ2) is 6.51. The molecule has 8 heteroatoms. The number of ether oxygens (including phenoxy) is 1. The monoisotopic (exact) mass is 289 g/mol. The third-order valence-corrected chi connectivity index (χ3v) is 2.63. The van der Waals surface area contributed by atoms with Gasteiger partial charge in [-0.25, -0.2) is 4.98 Å². The third-order valence-electron chi connectivity index (χ3n) is 2.63. The van der Waals surface area contributed by atoms with Crippen LogP contribution in [0.1, 0.15) is 6.92 Å². The molecule has 21 heavy (non-hydrogen) atoms. The molecular formula is C13H15N5O3. The second-order valence-electron chi connectivity index (χ2n) is 3.99. The Kier molecular flexibility index (Phi) is 4.50. The molecule has 0 bridgehead atoms. The SMILES string of the molecule is CCOc1ccccc1Nc1nc(NC)ncc1[N+](=O)[O-]. The average Bonchev–Trinajstić information content (AvgIpc) is 2.49. The summed E-state index contributed by atoms with van der Waals surface area (Å²) in [7, 11) is 1.64. The number of anilines is 3. The maximum absolute atomic E-state index is 11.1. The standard InChI is InChI=1S/C13H15N5O3/c1-3-21-11-7-5-4-6-9(11)16-12-10(18(19)20)8-15-13(14-2)17-12/h4-8H,3H2,1-2H3,(H2,14,15,16,17). The van der Waals surface area contributed by atoms with Crippen molar-refractivity contribution < 1.29 is 9.66 Å². The van der Waals surface area contributed by atoms with Crippen molar-refractivity contribution in [3.8, 4) is 5.75 Å². The second-order valence-corrected chi connectivity index (χ2v) is 3.99. The van der Waals surface area contributed by atoms with E-state index in [4.69, 9.17) is 4.74 Å². The summed E-state index contributed by atoms with van der Waals surface area (Å²) in [6.45, 7) is 2.36. The van der Waals surface area contributed by atoms with Gasteiger partial charge in [0.15, 0.2) is 0 Å². The van der Waals surface area contributed by atoms with E-state index < -0.39 is 4.92 Å². The smallest absolute Gasteiger partial charge is 0.329 e. The summed E-state index contributed by atoms with van der Waals surface area (Å²) in [4.78, 5) is 18.4. The van der Waals surface area contributed by atoms with E-state index in [0.717, 1.165) is 6.20 Å². The van der Waals surface area contributed by atoms with Crippen LogP contribution in [0.4, 0.5) is 23.1 Å². The molecule has 0 saturated heterocycles. The van der Waals surface area contributed by atoms with Gasteiger partial charge in [0.05, 0.1) is 17.2 Å². The summed E-state index contributed by atoms with van der Waals surface area (Å²) < 4.78 is 5.47. The summed E-state index contributed by atoms with van der Waals surface area (Å²) in [5.74, 6) is 0.988. The molecule has 2 aromatic rings. The van der Waals surface area contributed by atoms with Gasteiger partial charge in [-0.2, -0.15) is 4.98 Å². The van der Waals surface area contributed by atoms with E-state index in [0.29, 0.717) is 18.0 Å². The number of rotatable bonds is 6. The normalized spacial score (nSPS) is 10.0. The van der Waals surface area contributed by atoms with Crippen LogP contribution in [0.25, 0.3) is 0 Å². The molecule has 0 amide bonds. The molecule has 0 fully saturated rings. The highest BCUT2D eigenvalue weighted by atomic mass is 16.6. The maximum atomic E-state index is 11.1. The highest BCUT2D eigenvalue weighted by molar-refractivity contribution is 5.70. The van der Waals surface area contributed by atoms with Crippen LogP contribution in [-0.4, -0.2) is 28.5 Å². The lowest BCUT2D eigenvalue weighted by Gasteiger charge is -2.12. The van der Waals surface area contributed by atoms with Gasteiger partial charge in [-0.15, -0.1) is 0 Å². The van der Waals surface area contributed by atoms with Gasteiger partial charge in [0.25, 0.3) is 0 Å². The number of aromatic nitrogens is 2. The summed E-state index contributed by atoms with van der Waals surface area (Å²) in [5, 5.41) is 16.7. The molecule has 0 radical (unpaired) electrons. The minimum atomic E-state index is -0.537. The Hall–Kier alpha value is -2.90. The van der Waals surface area contributed by atoms with Crippen LogP contribution < -0.4 is 15.4 Å². The fourth-order valence-corrected chi connectivity index (χ4v) is 1.70. The number of nitro groups is 1. The Morgan fingerprint density at radius 3 is 2.81 bits per heavy atom. The number of hydrogen-bond acceptors (Lipinski definition) is 7. The zero-order valence-corrected chi connectivity index (χ0v) is 11.7. The van der Waals surface area contributed by atoms with Crippen molar-refractivity contribution in [3.63, 3.8) is 0 Å². The van der Waals surface area contributed by atoms with Crippen LogP contribution in [0.15, 0.2) is 30.5 Å². The quantitative estimate of drug-likeness (QED) is 0.622. The van der Waals surface area contributed by atoms with Crippen molar-refractivity contribution in [2.45, 2.75) is 6.92 Å². The van der Waals surface area contributed by atoms with Crippen molar-refractivity contribution in [3.05, 3.63) is 40.6 Å². The Balaban J connectivity index is 2.40. The van der Waals surface area contributed by atoms with Gasteiger partial charge in [-0.05, 0) is 19.1 Å². The van der Waals surface area contributed by atoms with Gasteiger partial charge < -0.3 is 15.4 Å². The highest BCUT2D eigenvalue weighted by Crippen LogP contribution is 2.31. The van der Waals surface area contributed by atoms with Crippen molar-refractivity contribution in [2.75, 3.05) is 24.3 Å². The highest BCUT2D eigenvalue weighted by Gasteiger charge is 2.18. The van der Waals surface area contributed by atoms with Gasteiger partial charge >= 0.3 is 5.69 Å². The first kappa shape index (κ1) is 14.5. The molecule has 0 spiro atoms. The van der Waals surface area contributed by atoms with E-state index in [2.05, 4.69) is 20.6 Å². The Labute approximate surface area is 121 Å². The number of para-hydroxylation sites is 2. The molecule has 1 heterocycles. The van der Waals surface area contributed by atoms with Crippen molar-refractivity contribution >= 4 is 23.1 Å². The Bertz CT molecular complexity index is 647. The molecule has 110 valence electrons. The summed E-state index contributed by atoms with van der Waals surface area (Å²) >= 11 is 0. The fourth-order valence-electron chi connectivity index (χ4n) is 1.70. The molecule has 0 saturated carbocycles. The van der Waals surface area contributed by atoms with Crippen LogP contribution in [0, 0.1) is 10.1 Å². The van der Waals surface area contributed by atoms with E-state index in [-0.39, 0.29) is 17.5 Å². The lowest BCUT2D eigenvalue weighted by Crippen LogP contribution is -2.05. The lowest BCUT2D eigenvalue weighted by atomic mass is 10.3. The van der Waals surface area contributed by atoms with Crippen LogP contribution >= 0.6 is 0 Å². The average molecular weight is 289 g/mol. The molecule has 2 rings (SSSR count). The number of hydrogen-bond donors (Lipinski definition) is 2. The van der Waals surface area contributed by atoms with E-state index in [9.17, 15) is 10.1 Å². The van der Waals surface area contributed by atoms with Crippen molar-refractivity contribution in [1.29, 1.82) is 0 Å². The first-order valence-corrected chi connectivity index (χ1v) is 6.33. The summed E-state index contributed by atoms with van der Waals surface area (Å²) in [6, 6.07) is 7.16. The van der Waals surface area contributed by atoms with Crippen LogP contribution in [0.2, 0.25) is 0 Å². The molecule has 1 aromatic heterocycles. The largest absolute Gasteiger partial charge is 0.492 e. The number of benzene rings is 1. The number of nitrogens with zero attached hydrogens (tertiary/aromatic N) is 3. The first-order chi connectivity index (χ1) is 10.2. The van der Waals surface area contributed by atoms with Gasteiger partial charge in [-0.3, -0.25) is 10.1 Å². The topological polar surface area (TPSA) is 102 Å². The van der Waals surface area contributed by atoms with E-state index in [1.54, 1.807) is 25.2 Å². The summed E-state index contributed by atoms with van der Waals surface area (Å²) in [6.07, 6.45) is 1.16. The molecule has 0 unspecified atom stereocenters. The minimum absolute atomic E-state index is 0.103. The molecular weight excluding hydrogens is 274 g/mol. The molecule has 0 atom stereocenters. The molecule has 1 aromatic carbocycles. The minimum Gasteiger partial charge on any atom is -0.492 e. The maximum Gasteiger partial charge on any atom is 0.329 e. The zero-order valence-electron chi connectivity index (χ0n) is 11.7. The third kappa shape index (κ3) is 3.35. The zero-order chi connectivity index (χ0) is 15.2. The molecule has 0 aliphatic heterocycles. The predicted molar refractivity (Wildman–Crippen MR) is 79.1 cm³/mol. The van der Waals surface area contributed by atoms with Gasteiger partial charge in [0.2, 0.25) is 11.8 Å². The molecule has 8 nitrogen and oxygen atoms in total. The van der Waals surface area contributed by atoms with Crippen molar-refractivity contribution in [1.82, 2.24) is 9.97 Å². The van der Waals surface area contributed by atoms with Crippen LogP contribution in [0.3, 0.4) is 0 Å². The first-order valence-electron chi connectivity index (χ1n) is 6.33. The van der Waals surface area contributed by atoms with Gasteiger partial charge in [0.1, 0.15) is 11.9 Å². The van der Waals surface area contributed by atoms with Crippen LogP contribution in [0.5, 0.6) is 5.75 Å². The summed E-state index contributed by atoms with van der Waals surface area (Å²) in [5.41, 5.74) is 0.392. The van der Waals surface area contributed by atoms with E-state index in [1.807, 2.05) is 13.0 Å². The molecule has 0 aliphatic rings. The van der Waals surface area contributed by atoms with Crippen LogP contribution in [-0.2, 0) is 0 Å². The Morgan fingerprint density at radius 1 is 1.38 bits per heavy atom. The van der Waals surface area contributed by atoms with Gasteiger partial charge in [0, 0.05) is 7.05 Å². The lowest BCUT2D eigenvalue weighted by molar-refractivity contribution is -0.384. The fraction of sp³-hybridized carbons (Fsp3) is 0.231. The Morgan fingerprint density at radius 2 is 2.14 bits per heavy atom. The van der Waals surface area contributed by atoms with E-state index >= 15 is 0 Å². The predicted octanol–water partition coefficient (Wildman–Crippen LogP) is 2.57.